The van der Waals surface area contributed by atoms with Gasteiger partial charge in [0.25, 0.3) is 0 Å². The fourth-order valence-electron chi connectivity index (χ4n) is 1.49. The van der Waals surface area contributed by atoms with Crippen LogP contribution in [0.4, 0.5) is 4.79 Å². The Hall–Kier alpha value is -1.72. The van der Waals surface area contributed by atoms with Gasteiger partial charge in [0.15, 0.2) is 0 Å². The fourth-order valence-corrected chi connectivity index (χ4v) is 2.05. The number of benzene rings is 1. The van der Waals surface area contributed by atoms with E-state index in [0.717, 1.165) is 11.1 Å². The summed E-state index contributed by atoms with van der Waals surface area (Å²) in [6, 6.07) is 2.62. The molecule has 2 amide bonds. The zero-order valence-corrected chi connectivity index (χ0v) is 10.6. The molecular weight excluding hydrogens is 277 g/mol. The van der Waals surface area contributed by atoms with Crippen molar-refractivity contribution in [3.05, 3.63) is 33.3 Å². The minimum absolute atomic E-state index is 0.304. The highest BCUT2D eigenvalue weighted by molar-refractivity contribution is 6.36. The third kappa shape index (κ3) is 2.94. The van der Waals surface area contributed by atoms with Crippen molar-refractivity contribution in [2.45, 2.75) is 0 Å². The Balaban J connectivity index is 2.24. The third-order valence-electron chi connectivity index (χ3n) is 2.17. The molecule has 0 saturated carbocycles. The van der Waals surface area contributed by atoms with Crippen LogP contribution < -0.4 is 15.9 Å². The number of carbonyl (C=O) groups excluding carboxylic acids is 1. The summed E-state index contributed by atoms with van der Waals surface area (Å²) < 4.78 is 5.49. The monoisotopic (exact) mass is 285 g/mol. The van der Waals surface area contributed by atoms with Gasteiger partial charge in [-0.2, -0.15) is 5.10 Å². The van der Waals surface area contributed by atoms with E-state index in [9.17, 15) is 4.79 Å². The quantitative estimate of drug-likeness (QED) is 0.647. The first-order valence-corrected chi connectivity index (χ1v) is 5.73. The molecule has 0 aliphatic carbocycles. The van der Waals surface area contributed by atoms with Crippen molar-refractivity contribution in [1.29, 1.82) is 0 Å². The number of rotatable bonds is 2. The smallest absolute Gasteiger partial charge is 0.332 e. The van der Waals surface area contributed by atoms with Crippen molar-refractivity contribution in [2.75, 3.05) is 6.61 Å². The second-order valence-electron chi connectivity index (χ2n) is 3.55. The highest BCUT2D eigenvalue weighted by atomic mass is 35.5. The van der Waals surface area contributed by atoms with Crippen molar-refractivity contribution in [3.63, 3.8) is 0 Å². The maximum Gasteiger partial charge on any atom is 0.332 e. The van der Waals surface area contributed by atoms with Gasteiger partial charge < -0.3 is 10.5 Å². The van der Waals surface area contributed by atoms with E-state index in [4.69, 9.17) is 33.7 Å². The predicted octanol–water partition coefficient (Wildman–Crippen LogP) is 2.42. The minimum atomic E-state index is -0.727. The molecule has 1 heterocycles. The molecule has 18 heavy (non-hydrogen) atoms. The Morgan fingerprint density at radius 2 is 2.28 bits per heavy atom. The number of amides is 2. The van der Waals surface area contributed by atoms with Crippen LogP contribution in [0.3, 0.4) is 0 Å². The normalized spacial score (nSPS) is 13.8. The Morgan fingerprint density at radius 3 is 3.00 bits per heavy atom. The number of ether oxygens (including phenoxy) is 1. The molecule has 0 saturated heterocycles. The molecule has 1 aliphatic heterocycles. The van der Waals surface area contributed by atoms with E-state index < -0.39 is 6.03 Å². The third-order valence-corrected chi connectivity index (χ3v) is 2.67. The number of halogens is 2. The molecule has 3 N–H and O–H groups in total. The lowest BCUT2D eigenvalue weighted by Crippen LogP contribution is -2.24. The maximum atomic E-state index is 10.4. The lowest BCUT2D eigenvalue weighted by molar-refractivity contribution is 0.249. The largest absolute Gasteiger partial charge is 0.487 e. The molecule has 1 aliphatic rings. The Labute approximate surface area is 113 Å². The molecule has 7 heteroatoms. The first kappa shape index (κ1) is 12.7. The van der Waals surface area contributed by atoms with Crippen LogP contribution >= 0.6 is 23.2 Å². The van der Waals surface area contributed by atoms with Gasteiger partial charge in [-0.3, -0.25) is 0 Å². The second-order valence-corrected chi connectivity index (χ2v) is 4.39. The minimum Gasteiger partial charge on any atom is -0.487 e. The van der Waals surface area contributed by atoms with E-state index in [1.54, 1.807) is 12.1 Å². The average molecular weight is 286 g/mol. The van der Waals surface area contributed by atoms with Gasteiger partial charge in [0.2, 0.25) is 0 Å². The van der Waals surface area contributed by atoms with Crippen LogP contribution in [0, 0.1) is 0 Å². The van der Waals surface area contributed by atoms with E-state index >= 15 is 0 Å². The van der Waals surface area contributed by atoms with Crippen LogP contribution in [-0.4, -0.2) is 18.9 Å². The number of nitrogens with one attached hydrogen (secondary N) is 1. The average Bonchev–Trinajstić information content (AvgIpc) is 2.27. The van der Waals surface area contributed by atoms with Gasteiger partial charge in [0.1, 0.15) is 12.4 Å². The second kappa shape index (κ2) is 5.29. The summed E-state index contributed by atoms with van der Waals surface area (Å²) in [5.74, 6) is 0.584. The van der Waals surface area contributed by atoms with Crippen LogP contribution in [-0.2, 0) is 0 Å². The van der Waals surface area contributed by atoms with E-state index in [2.05, 4.69) is 10.5 Å². The van der Waals surface area contributed by atoms with Gasteiger partial charge in [0.05, 0.1) is 11.2 Å². The fraction of sp³-hybridized carbons (Fsp3) is 0.0909. The van der Waals surface area contributed by atoms with Gasteiger partial charge in [-0.1, -0.05) is 23.2 Å². The van der Waals surface area contributed by atoms with Gasteiger partial charge in [0, 0.05) is 16.2 Å². The Morgan fingerprint density at radius 1 is 1.50 bits per heavy atom. The van der Waals surface area contributed by atoms with E-state index in [0.29, 0.717) is 22.4 Å². The maximum absolute atomic E-state index is 10.4. The summed E-state index contributed by atoms with van der Waals surface area (Å²) in [6.45, 7) is 0.304. The van der Waals surface area contributed by atoms with Gasteiger partial charge in [-0.15, -0.1) is 0 Å². The van der Waals surface area contributed by atoms with Crippen molar-refractivity contribution >= 4 is 41.5 Å². The Kier molecular flexibility index (Phi) is 3.74. The van der Waals surface area contributed by atoms with Crippen molar-refractivity contribution < 1.29 is 9.53 Å². The van der Waals surface area contributed by atoms with Crippen molar-refractivity contribution in [1.82, 2.24) is 5.43 Å². The molecule has 1 aromatic carbocycles. The number of primary amides is 1. The number of nitrogens with two attached hydrogens (primary N) is 1. The number of nitrogens with zero attached hydrogens (tertiary/aromatic N) is 1. The summed E-state index contributed by atoms with van der Waals surface area (Å²) in [4.78, 5) is 10.4. The van der Waals surface area contributed by atoms with Crippen LogP contribution in [0.25, 0.3) is 6.08 Å². The number of hydrogen-bond donors (Lipinski definition) is 2. The zero-order chi connectivity index (χ0) is 13.1. The highest BCUT2D eigenvalue weighted by Gasteiger charge is 2.14. The molecule has 0 aromatic heterocycles. The number of carbonyl (C=O) groups is 1. The standard InChI is InChI=1S/C11H9Cl2N3O2/c12-8-2-7-1-6(4-15-16-11(14)17)5-18-10(7)9(13)3-8/h1-4H,5H2,(H3,14,16,17). The summed E-state index contributed by atoms with van der Waals surface area (Å²) in [5, 5.41) is 4.63. The molecule has 0 atom stereocenters. The SMILES string of the molecule is NC(=O)NN=CC1=Cc2cc(Cl)cc(Cl)c2OC1. The number of urea groups is 1. The van der Waals surface area contributed by atoms with Crippen LogP contribution in [0.15, 0.2) is 22.8 Å². The number of hydrogen-bond acceptors (Lipinski definition) is 3. The van der Waals surface area contributed by atoms with Gasteiger partial charge in [-0.05, 0) is 18.2 Å². The molecule has 94 valence electrons. The number of hydrazone groups is 1. The van der Waals surface area contributed by atoms with E-state index in [1.807, 2.05) is 6.08 Å². The lowest BCUT2D eigenvalue weighted by atomic mass is 10.1. The molecule has 2 rings (SSSR count). The highest BCUT2D eigenvalue weighted by Crippen LogP contribution is 2.36. The zero-order valence-electron chi connectivity index (χ0n) is 9.11. The topological polar surface area (TPSA) is 76.7 Å². The molecule has 5 nitrogen and oxygen atoms in total. The Bertz CT molecular complexity index is 555. The van der Waals surface area contributed by atoms with E-state index in [1.165, 1.54) is 6.21 Å². The first-order valence-electron chi connectivity index (χ1n) is 4.97. The van der Waals surface area contributed by atoms with Crippen molar-refractivity contribution in [3.8, 4) is 5.75 Å². The van der Waals surface area contributed by atoms with Crippen LogP contribution in [0.5, 0.6) is 5.75 Å². The molecule has 0 fully saturated rings. The summed E-state index contributed by atoms with van der Waals surface area (Å²) >= 11 is 11.9. The van der Waals surface area contributed by atoms with Crippen LogP contribution in [0.1, 0.15) is 5.56 Å². The van der Waals surface area contributed by atoms with E-state index in [-0.39, 0.29) is 0 Å². The van der Waals surface area contributed by atoms with Crippen LogP contribution in [0.2, 0.25) is 10.0 Å². The van der Waals surface area contributed by atoms with Crippen molar-refractivity contribution in [2.24, 2.45) is 10.8 Å². The molecule has 0 spiro atoms. The molecule has 0 bridgehead atoms. The predicted molar refractivity (Wildman–Crippen MR) is 71.1 cm³/mol. The number of fused-ring (bicyclic) bond motifs is 1. The lowest BCUT2D eigenvalue weighted by Gasteiger charge is -2.17. The summed E-state index contributed by atoms with van der Waals surface area (Å²) in [5.41, 5.74) is 8.50. The molecule has 1 aromatic rings. The molecular formula is C11H9Cl2N3O2. The van der Waals surface area contributed by atoms with Gasteiger partial charge >= 0.3 is 6.03 Å². The summed E-state index contributed by atoms with van der Waals surface area (Å²) in [7, 11) is 0. The molecule has 0 radical (unpaired) electrons. The molecule has 0 unspecified atom stereocenters. The first-order chi connectivity index (χ1) is 8.56. The van der Waals surface area contributed by atoms with Gasteiger partial charge in [-0.25, -0.2) is 10.2 Å². The summed E-state index contributed by atoms with van der Waals surface area (Å²) in [6.07, 6.45) is 3.27.